The molecule has 0 heterocycles. The quantitative estimate of drug-likeness (QED) is 0.666. The molecule has 5 nitrogen and oxygen atoms in total. The van der Waals surface area contributed by atoms with Gasteiger partial charge in [-0.25, -0.2) is 0 Å². The van der Waals surface area contributed by atoms with E-state index >= 15 is 0 Å². The molecule has 0 unspecified atom stereocenters. The van der Waals surface area contributed by atoms with Gasteiger partial charge in [0.15, 0.2) is 0 Å². The third-order valence-electron chi connectivity index (χ3n) is 4.55. The number of carbonyl (C=O) groups is 2. The third kappa shape index (κ3) is 4.69. The molecule has 3 rings (SSSR count). The number of aryl methyl sites for hydroxylation is 3. The molecule has 0 saturated carbocycles. The minimum atomic E-state index is -0.350. The molecule has 0 saturated heterocycles. The Hall–Kier alpha value is -3.91. The Morgan fingerprint density at radius 1 is 0.793 bits per heavy atom. The Labute approximate surface area is 170 Å². The molecule has 0 atom stereocenters. The highest BCUT2D eigenvalue weighted by atomic mass is 16.2. The molecule has 5 heteroatoms. The first-order valence-electron chi connectivity index (χ1n) is 9.18. The summed E-state index contributed by atoms with van der Waals surface area (Å²) in [5, 5.41) is 14.7. The summed E-state index contributed by atoms with van der Waals surface area (Å²) >= 11 is 0. The lowest BCUT2D eigenvalue weighted by molar-refractivity contribution is 0.102. The highest BCUT2D eigenvalue weighted by molar-refractivity contribution is 6.09. The third-order valence-corrected chi connectivity index (χ3v) is 4.55. The predicted molar refractivity (Wildman–Crippen MR) is 114 cm³/mol. The van der Waals surface area contributed by atoms with Gasteiger partial charge in [0.2, 0.25) is 0 Å². The maximum absolute atomic E-state index is 12.7. The van der Waals surface area contributed by atoms with E-state index in [9.17, 15) is 9.59 Å². The first kappa shape index (κ1) is 19.8. The van der Waals surface area contributed by atoms with Crippen molar-refractivity contribution in [2.24, 2.45) is 0 Å². The van der Waals surface area contributed by atoms with Gasteiger partial charge in [-0.2, -0.15) is 5.26 Å². The van der Waals surface area contributed by atoms with E-state index in [1.807, 2.05) is 39.0 Å². The number of carbonyl (C=O) groups excluding carboxylic acids is 2. The Balaban J connectivity index is 1.79. The number of nitrogens with one attached hydrogen (secondary N) is 2. The summed E-state index contributed by atoms with van der Waals surface area (Å²) in [5.41, 5.74) is 5.62. The van der Waals surface area contributed by atoms with Gasteiger partial charge in [-0.15, -0.1) is 0 Å². The lowest BCUT2D eigenvalue weighted by Gasteiger charge is -2.13. The number of benzene rings is 3. The Bertz CT molecular complexity index is 1120. The maximum atomic E-state index is 12.7. The fourth-order valence-corrected chi connectivity index (χ4v) is 3.23. The van der Waals surface area contributed by atoms with Gasteiger partial charge in [0, 0.05) is 22.5 Å². The summed E-state index contributed by atoms with van der Waals surface area (Å²) < 4.78 is 0. The predicted octanol–water partition coefficient (Wildman–Crippen LogP) is 4.99. The lowest BCUT2D eigenvalue weighted by atomic mass is 10.0. The molecule has 0 aromatic heterocycles. The van der Waals surface area contributed by atoms with Crippen molar-refractivity contribution >= 4 is 23.2 Å². The van der Waals surface area contributed by atoms with Crippen LogP contribution in [0.5, 0.6) is 0 Å². The highest BCUT2D eigenvalue weighted by Gasteiger charge is 2.13. The Morgan fingerprint density at radius 3 is 2.00 bits per heavy atom. The summed E-state index contributed by atoms with van der Waals surface area (Å²) in [6, 6.07) is 19.3. The van der Waals surface area contributed by atoms with Gasteiger partial charge in [0.25, 0.3) is 11.8 Å². The first-order valence-corrected chi connectivity index (χ1v) is 9.18. The van der Waals surface area contributed by atoms with Gasteiger partial charge >= 0.3 is 0 Å². The zero-order valence-electron chi connectivity index (χ0n) is 16.5. The standard InChI is InChI=1S/C24H21N3O2/c1-15-10-16(2)22(17(3)11-15)27-24(29)20-8-5-7-19(13-20)23(28)26-21-9-4-6-18(12-21)14-25/h4-13H,1-3H3,(H,26,28)(H,27,29). The number of hydrogen-bond donors (Lipinski definition) is 2. The zero-order chi connectivity index (χ0) is 21.0. The monoisotopic (exact) mass is 383 g/mol. The second-order valence-corrected chi connectivity index (χ2v) is 6.96. The molecule has 29 heavy (non-hydrogen) atoms. The fraction of sp³-hybridized carbons (Fsp3) is 0.125. The second-order valence-electron chi connectivity index (χ2n) is 6.96. The second kappa shape index (κ2) is 8.41. The van der Waals surface area contributed by atoms with Gasteiger partial charge in [-0.05, 0) is 68.3 Å². The van der Waals surface area contributed by atoms with Crippen LogP contribution in [0.15, 0.2) is 60.7 Å². The number of rotatable bonds is 4. The molecule has 0 aliphatic heterocycles. The molecule has 0 radical (unpaired) electrons. The number of hydrogen-bond acceptors (Lipinski definition) is 3. The van der Waals surface area contributed by atoms with Crippen LogP contribution >= 0.6 is 0 Å². The molecule has 2 amide bonds. The van der Waals surface area contributed by atoms with Gasteiger partial charge in [0.05, 0.1) is 11.6 Å². The molecule has 2 N–H and O–H groups in total. The maximum Gasteiger partial charge on any atom is 0.255 e. The topological polar surface area (TPSA) is 82.0 Å². The molecule has 0 bridgehead atoms. The van der Waals surface area contributed by atoms with Crippen molar-refractivity contribution in [1.29, 1.82) is 5.26 Å². The summed E-state index contributed by atoms with van der Waals surface area (Å²) in [6.07, 6.45) is 0. The minimum absolute atomic E-state index is 0.277. The van der Waals surface area contributed by atoms with Crippen LogP contribution in [0, 0.1) is 32.1 Å². The Kier molecular flexibility index (Phi) is 5.75. The van der Waals surface area contributed by atoms with Crippen LogP contribution in [0.25, 0.3) is 0 Å². The highest BCUT2D eigenvalue weighted by Crippen LogP contribution is 2.23. The van der Waals surface area contributed by atoms with Crippen molar-refractivity contribution in [3.8, 4) is 6.07 Å². The molecule has 144 valence electrons. The lowest BCUT2D eigenvalue weighted by Crippen LogP contribution is -2.16. The largest absolute Gasteiger partial charge is 0.322 e. The van der Waals surface area contributed by atoms with E-state index in [4.69, 9.17) is 5.26 Å². The zero-order valence-corrected chi connectivity index (χ0v) is 16.5. The van der Waals surface area contributed by atoms with Crippen LogP contribution in [-0.4, -0.2) is 11.8 Å². The normalized spacial score (nSPS) is 10.1. The van der Waals surface area contributed by atoms with E-state index < -0.39 is 0 Å². The van der Waals surface area contributed by atoms with E-state index in [-0.39, 0.29) is 11.8 Å². The van der Waals surface area contributed by atoms with Crippen LogP contribution in [0.1, 0.15) is 43.0 Å². The van der Waals surface area contributed by atoms with Gasteiger partial charge in [0.1, 0.15) is 0 Å². The van der Waals surface area contributed by atoms with E-state index in [1.165, 1.54) is 0 Å². The van der Waals surface area contributed by atoms with Crippen LogP contribution in [0.2, 0.25) is 0 Å². The summed E-state index contributed by atoms with van der Waals surface area (Å²) in [7, 11) is 0. The van der Waals surface area contributed by atoms with Crippen LogP contribution < -0.4 is 10.6 Å². The Morgan fingerprint density at radius 2 is 1.38 bits per heavy atom. The minimum Gasteiger partial charge on any atom is -0.322 e. The summed E-state index contributed by atoms with van der Waals surface area (Å²) in [6.45, 7) is 5.92. The van der Waals surface area contributed by atoms with Crippen molar-refractivity contribution < 1.29 is 9.59 Å². The molecule has 0 aliphatic rings. The van der Waals surface area contributed by atoms with E-state index in [2.05, 4.69) is 10.6 Å². The van der Waals surface area contributed by atoms with E-state index in [0.29, 0.717) is 22.4 Å². The molecular formula is C24H21N3O2. The molecule has 0 aliphatic carbocycles. The first-order chi connectivity index (χ1) is 13.9. The number of amides is 2. The summed E-state index contributed by atoms with van der Waals surface area (Å²) in [4.78, 5) is 25.3. The molecular weight excluding hydrogens is 362 g/mol. The molecule has 3 aromatic carbocycles. The average Bonchev–Trinajstić information content (AvgIpc) is 2.70. The average molecular weight is 383 g/mol. The van der Waals surface area contributed by atoms with Crippen molar-refractivity contribution in [3.63, 3.8) is 0 Å². The van der Waals surface area contributed by atoms with Gasteiger partial charge < -0.3 is 10.6 Å². The SMILES string of the molecule is Cc1cc(C)c(NC(=O)c2cccc(C(=O)Nc3cccc(C#N)c3)c2)c(C)c1. The molecule has 3 aromatic rings. The fourth-order valence-electron chi connectivity index (χ4n) is 3.23. The number of nitrogens with zero attached hydrogens (tertiary/aromatic N) is 1. The van der Waals surface area contributed by atoms with Crippen molar-refractivity contribution in [1.82, 2.24) is 0 Å². The van der Waals surface area contributed by atoms with Crippen molar-refractivity contribution in [2.75, 3.05) is 10.6 Å². The van der Waals surface area contributed by atoms with Crippen LogP contribution in [0.4, 0.5) is 11.4 Å². The van der Waals surface area contributed by atoms with Gasteiger partial charge in [-0.3, -0.25) is 9.59 Å². The van der Waals surface area contributed by atoms with Crippen LogP contribution in [-0.2, 0) is 0 Å². The van der Waals surface area contributed by atoms with E-state index in [1.54, 1.807) is 48.5 Å². The number of nitriles is 1. The smallest absolute Gasteiger partial charge is 0.255 e. The van der Waals surface area contributed by atoms with Crippen molar-refractivity contribution in [3.05, 3.63) is 94.0 Å². The number of anilines is 2. The van der Waals surface area contributed by atoms with E-state index in [0.717, 1.165) is 22.4 Å². The van der Waals surface area contributed by atoms with Crippen molar-refractivity contribution in [2.45, 2.75) is 20.8 Å². The van der Waals surface area contributed by atoms with Gasteiger partial charge in [-0.1, -0.05) is 29.8 Å². The van der Waals surface area contributed by atoms with Crippen LogP contribution in [0.3, 0.4) is 0 Å². The molecule has 0 spiro atoms. The summed E-state index contributed by atoms with van der Waals surface area (Å²) in [5.74, 6) is -0.626. The molecule has 0 fully saturated rings.